The molecule has 1 aromatic rings. The molecule has 1 aliphatic rings. The zero-order chi connectivity index (χ0) is 18.4. The van der Waals surface area contributed by atoms with Crippen LogP contribution in [0, 0.1) is 5.92 Å². The number of hydrogen-bond acceptors (Lipinski definition) is 4. The van der Waals surface area contributed by atoms with Crippen molar-refractivity contribution in [3.05, 3.63) is 29.8 Å². The largest absolute Gasteiger partial charge is 0.481 e. The van der Waals surface area contributed by atoms with E-state index in [0.29, 0.717) is 24.2 Å². The summed E-state index contributed by atoms with van der Waals surface area (Å²) in [6, 6.07) is 6.29. The summed E-state index contributed by atoms with van der Waals surface area (Å²) in [6.45, 7) is 0.614. The Kier molecular flexibility index (Phi) is 6.10. The summed E-state index contributed by atoms with van der Waals surface area (Å²) in [6.07, 6.45) is 0.680. The number of nitrogens with zero attached hydrogens (tertiary/aromatic N) is 1. The van der Waals surface area contributed by atoms with Crippen molar-refractivity contribution in [1.82, 2.24) is 10.2 Å². The van der Waals surface area contributed by atoms with Gasteiger partial charge in [-0.15, -0.1) is 0 Å². The summed E-state index contributed by atoms with van der Waals surface area (Å²) in [7, 11) is 1.72. The molecule has 25 heavy (non-hydrogen) atoms. The van der Waals surface area contributed by atoms with Crippen molar-refractivity contribution in [2.45, 2.75) is 19.3 Å². The van der Waals surface area contributed by atoms with Crippen LogP contribution in [0.2, 0.25) is 0 Å². The van der Waals surface area contributed by atoms with E-state index in [1.54, 1.807) is 36.2 Å². The molecule has 3 amide bonds. The minimum absolute atomic E-state index is 0.0419. The summed E-state index contributed by atoms with van der Waals surface area (Å²) in [4.78, 5) is 47.8. The van der Waals surface area contributed by atoms with Crippen LogP contribution in [-0.4, -0.2) is 53.8 Å². The third-order valence-electron chi connectivity index (χ3n) is 4.07. The highest BCUT2D eigenvalue weighted by atomic mass is 16.4. The topological polar surface area (TPSA) is 116 Å². The second-order valence-electron chi connectivity index (χ2n) is 5.97. The van der Waals surface area contributed by atoms with Gasteiger partial charge in [0.25, 0.3) is 5.91 Å². The first kappa shape index (κ1) is 18.4. The predicted octanol–water partition coefficient (Wildman–Crippen LogP) is 0.698. The van der Waals surface area contributed by atoms with E-state index in [1.165, 1.54) is 0 Å². The Morgan fingerprint density at radius 1 is 1.24 bits per heavy atom. The zero-order valence-corrected chi connectivity index (χ0v) is 13.9. The van der Waals surface area contributed by atoms with Gasteiger partial charge in [-0.1, -0.05) is 0 Å². The van der Waals surface area contributed by atoms with E-state index >= 15 is 0 Å². The lowest BCUT2D eigenvalue weighted by Crippen LogP contribution is -2.39. The molecular formula is C17H21N3O5. The smallest absolute Gasteiger partial charge is 0.305 e. The second kappa shape index (κ2) is 8.27. The highest BCUT2D eigenvalue weighted by molar-refractivity contribution is 5.97. The number of benzene rings is 1. The van der Waals surface area contributed by atoms with Crippen LogP contribution in [0.3, 0.4) is 0 Å². The summed E-state index contributed by atoms with van der Waals surface area (Å²) >= 11 is 0. The Hall–Kier alpha value is -2.90. The molecular weight excluding hydrogens is 326 g/mol. The van der Waals surface area contributed by atoms with Gasteiger partial charge in [-0.3, -0.25) is 19.2 Å². The molecule has 1 fully saturated rings. The van der Waals surface area contributed by atoms with E-state index in [-0.39, 0.29) is 43.0 Å². The maximum Gasteiger partial charge on any atom is 0.305 e. The van der Waals surface area contributed by atoms with Gasteiger partial charge in [0.2, 0.25) is 11.8 Å². The number of likely N-dealkylation sites (tertiary alicyclic amines) is 1. The van der Waals surface area contributed by atoms with Crippen molar-refractivity contribution < 1.29 is 24.3 Å². The molecule has 0 aliphatic carbocycles. The molecule has 0 radical (unpaired) electrons. The minimum Gasteiger partial charge on any atom is -0.481 e. The van der Waals surface area contributed by atoms with Gasteiger partial charge in [0, 0.05) is 43.7 Å². The van der Waals surface area contributed by atoms with Gasteiger partial charge in [-0.25, -0.2) is 0 Å². The Morgan fingerprint density at radius 2 is 1.92 bits per heavy atom. The molecule has 8 nitrogen and oxygen atoms in total. The van der Waals surface area contributed by atoms with Crippen molar-refractivity contribution in [3.63, 3.8) is 0 Å². The molecule has 0 bridgehead atoms. The summed E-state index contributed by atoms with van der Waals surface area (Å²) in [5.74, 6) is -1.95. The fraction of sp³-hybridized carbons (Fsp3) is 0.412. The average Bonchev–Trinajstić information content (AvgIpc) is 2.57. The zero-order valence-electron chi connectivity index (χ0n) is 13.9. The van der Waals surface area contributed by atoms with Gasteiger partial charge >= 0.3 is 5.97 Å². The van der Waals surface area contributed by atoms with Gasteiger partial charge in [0.05, 0.1) is 6.42 Å². The van der Waals surface area contributed by atoms with Crippen LogP contribution in [0.4, 0.5) is 5.69 Å². The molecule has 1 unspecified atom stereocenters. The van der Waals surface area contributed by atoms with Crippen molar-refractivity contribution in [2.75, 3.05) is 25.5 Å². The van der Waals surface area contributed by atoms with Crippen LogP contribution >= 0.6 is 0 Å². The van der Waals surface area contributed by atoms with Crippen molar-refractivity contribution in [2.24, 2.45) is 5.92 Å². The Morgan fingerprint density at radius 3 is 2.52 bits per heavy atom. The molecule has 134 valence electrons. The second-order valence-corrected chi connectivity index (χ2v) is 5.97. The number of carbonyl (C=O) groups excluding carboxylic acids is 3. The summed E-state index contributed by atoms with van der Waals surface area (Å²) in [5, 5.41) is 13.8. The van der Waals surface area contributed by atoms with E-state index in [0.717, 1.165) is 0 Å². The number of aliphatic carboxylic acids is 1. The molecule has 2 rings (SSSR count). The minimum atomic E-state index is -0.981. The quantitative estimate of drug-likeness (QED) is 0.700. The first-order valence-corrected chi connectivity index (χ1v) is 8.01. The molecule has 1 atom stereocenters. The van der Waals surface area contributed by atoms with E-state index in [1.807, 2.05) is 0 Å². The predicted molar refractivity (Wildman–Crippen MR) is 90.0 cm³/mol. The highest BCUT2D eigenvalue weighted by Crippen LogP contribution is 2.19. The standard InChI is InChI=1S/C17H21N3O5/c1-20-9-7-12(10-14(20)21)17(25)19-13-4-2-11(3-5-13)16(24)18-8-6-15(22)23/h2-5,12H,6-10H2,1H3,(H,18,24)(H,19,25)(H,22,23). The number of nitrogens with one attached hydrogen (secondary N) is 2. The molecule has 3 N–H and O–H groups in total. The fourth-order valence-electron chi connectivity index (χ4n) is 2.50. The molecule has 0 spiro atoms. The first-order chi connectivity index (χ1) is 11.9. The highest BCUT2D eigenvalue weighted by Gasteiger charge is 2.28. The number of rotatable bonds is 6. The van der Waals surface area contributed by atoms with Crippen LogP contribution in [0.15, 0.2) is 24.3 Å². The van der Waals surface area contributed by atoms with Gasteiger partial charge in [-0.2, -0.15) is 0 Å². The number of carboxylic acid groups (broad SMARTS) is 1. The van der Waals surface area contributed by atoms with Crippen molar-refractivity contribution in [1.29, 1.82) is 0 Å². The number of carbonyl (C=O) groups is 4. The van der Waals surface area contributed by atoms with Crippen LogP contribution < -0.4 is 10.6 Å². The average molecular weight is 347 g/mol. The number of amides is 3. The van der Waals surface area contributed by atoms with Crippen molar-refractivity contribution >= 4 is 29.4 Å². The van der Waals surface area contributed by atoms with Gasteiger partial charge < -0.3 is 20.6 Å². The van der Waals surface area contributed by atoms with Gasteiger partial charge in [-0.05, 0) is 30.7 Å². The molecule has 1 aliphatic heterocycles. The SMILES string of the molecule is CN1CCC(C(=O)Nc2ccc(C(=O)NCCC(=O)O)cc2)CC1=O. The number of hydrogen-bond donors (Lipinski definition) is 3. The van der Waals surface area contributed by atoms with Crippen LogP contribution in [0.1, 0.15) is 29.6 Å². The Labute approximate surface area is 145 Å². The molecule has 0 saturated carbocycles. The normalized spacial score (nSPS) is 17.1. The van der Waals surface area contributed by atoms with E-state index in [4.69, 9.17) is 5.11 Å². The van der Waals surface area contributed by atoms with Crippen LogP contribution in [0.5, 0.6) is 0 Å². The molecule has 1 heterocycles. The third kappa shape index (κ3) is 5.30. The lowest BCUT2D eigenvalue weighted by Gasteiger charge is -2.27. The van der Waals surface area contributed by atoms with E-state index < -0.39 is 5.97 Å². The number of piperidine rings is 1. The first-order valence-electron chi connectivity index (χ1n) is 8.01. The van der Waals surface area contributed by atoms with E-state index in [9.17, 15) is 19.2 Å². The maximum atomic E-state index is 12.2. The maximum absolute atomic E-state index is 12.2. The molecule has 8 heteroatoms. The lowest BCUT2D eigenvalue weighted by molar-refractivity contribution is -0.137. The van der Waals surface area contributed by atoms with Gasteiger partial charge in [0.15, 0.2) is 0 Å². The van der Waals surface area contributed by atoms with E-state index in [2.05, 4.69) is 10.6 Å². The van der Waals surface area contributed by atoms with Gasteiger partial charge in [0.1, 0.15) is 0 Å². The Balaban J connectivity index is 1.87. The van der Waals surface area contributed by atoms with Crippen LogP contribution in [-0.2, 0) is 14.4 Å². The molecule has 0 aromatic heterocycles. The molecule has 1 saturated heterocycles. The molecule has 1 aromatic carbocycles. The third-order valence-corrected chi connectivity index (χ3v) is 4.07. The Bertz CT molecular complexity index is 671. The number of carboxylic acids is 1. The monoisotopic (exact) mass is 347 g/mol. The van der Waals surface area contributed by atoms with Crippen molar-refractivity contribution in [3.8, 4) is 0 Å². The lowest BCUT2D eigenvalue weighted by atomic mass is 9.95. The van der Waals surface area contributed by atoms with Crippen LogP contribution in [0.25, 0.3) is 0 Å². The fourth-order valence-corrected chi connectivity index (χ4v) is 2.50. The summed E-state index contributed by atoms with van der Waals surface area (Å²) < 4.78 is 0. The number of anilines is 1. The summed E-state index contributed by atoms with van der Waals surface area (Å²) in [5.41, 5.74) is 0.913.